The molecule has 0 atom stereocenters. The lowest BCUT2D eigenvalue weighted by molar-refractivity contribution is 1.65. The molecular formula is C9H10S. The van der Waals surface area contributed by atoms with Gasteiger partial charge in [-0.05, 0) is 5.56 Å². The molecule has 10 heavy (non-hydrogen) atoms. The molecule has 1 heteroatoms. The maximum Gasteiger partial charge on any atom is 0.00858 e. The van der Waals surface area contributed by atoms with E-state index in [2.05, 4.69) is 30.8 Å². The van der Waals surface area contributed by atoms with Crippen LogP contribution in [0.5, 0.6) is 0 Å². The standard InChI is InChI=1S/C9H10S/c10-8-4-7-9-5-2-1-3-6-9/h1-7,10H,8H2/b7-4+. The van der Waals surface area contributed by atoms with Crippen molar-refractivity contribution < 1.29 is 0 Å². The van der Waals surface area contributed by atoms with E-state index in [1.165, 1.54) is 5.56 Å². The summed E-state index contributed by atoms with van der Waals surface area (Å²) in [6.07, 6.45) is 4.09. The van der Waals surface area contributed by atoms with Gasteiger partial charge in [0.1, 0.15) is 0 Å². The smallest absolute Gasteiger partial charge is 0.00858 e. The molecule has 0 unspecified atom stereocenters. The highest BCUT2D eigenvalue weighted by Gasteiger charge is 1.79. The van der Waals surface area contributed by atoms with Crippen LogP contribution in [0.15, 0.2) is 36.4 Å². The van der Waals surface area contributed by atoms with Crippen LogP contribution in [-0.4, -0.2) is 5.75 Å². The van der Waals surface area contributed by atoms with E-state index < -0.39 is 0 Å². The van der Waals surface area contributed by atoms with Crippen molar-refractivity contribution in [3.63, 3.8) is 0 Å². The molecule has 1 aromatic carbocycles. The Bertz CT molecular complexity index is 201. The molecular weight excluding hydrogens is 140 g/mol. The van der Waals surface area contributed by atoms with Gasteiger partial charge in [0, 0.05) is 5.75 Å². The summed E-state index contributed by atoms with van der Waals surface area (Å²) in [5.74, 6) is 0.800. The largest absolute Gasteiger partial charge is 0.175 e. The fraction of sp³-hybridized carbons (Fsp3) is 0.111. The maximum absolute atomic E-state index is 4.06. The van der Waals surface area contributed by atoms with Crippen molar-refractivity contribution in [2.45, 2.75) is 0 Å². The Morgan fingerprint density at radius 2 is 1.90 bits per heavy atom. The molecule has 1 rings (SSSR count). The zero-order chi connectivity index (χ0) is 7.23. The van der Waals surface area contributed by atoms with Crippen LogP contribution in [-0.2, 0) is 0 Å². The molecule has 0 N–H and O–H groups in total. The fourth-order valence-corrected chi connectivity index (χ4v) is 0.858. The fourth-order valence-electron chi connectivity index (χ4n) is 0.753. The topological polar surface area (TPSA) is 0 Å². The third-order valence-corrected chi connectivity index (χ3v) is 1.43. The van der Waals surface area contributed by atoms with Crippen LogP contribution in [0.2, 0.25) is 0 Å². The van der Waals surface area contributed by atoms with E-state index in [0.29, 0.717) is 0 Å². The molecule has 0 nitrogen and oxygen atoms in total. The number of benzene rings is 1. The number of hydrogen-bond donors (Lipinski definition) is 1. The van der Waals surface area contributed by atoms with Crippen molar-refractivity contribution >= 4 is 18.7 Å². The van der Waals surface area contributed by atoms with Gasteiger partial charge < -0.3 is 0 Å². The predicted molar refractivity (Wildman–Crippen MR) is 49.3 cm³/mol. The zero-order valence-corrected chi connectivity index (χ0v) is 6.59. The van der Waals surface area contributed by atoms with E-state index in [9.17, 15) is 0 Å². The Morgan fingerprint density at radius 1 is 1.20 bits per heavy atom. The van der Waals surface area contributed by atoms with Gasteiger partial charge in [-0.15, -0.1) is 0 Å². The summed E-state index contributed by atoms with van der Waals surface area (Å²) in [5, 5.41) is 0. The van der Waals surface area contributed by atoms with Crippen LogP contribution in [0.25, 0.3) is 6.08 Å². The average Bonchev–Trinajstić information content (AvgIpc) is 2.03. The van der Waals surface area contributed by atoms with Crippen LogP contribution in [0.1, 0.15) is 5.56 Å². The lowest BCUT2D eigenvalue weighted by atomic mass is 10.2. The number of rotatable bonds is 2. The van der Waals surface area contributed by atoms with Gasteiger partial charge in [-0.25, -0.2) is 0 Å². The quantitative estimate of drug-likeness (QED) is 0.615. The molecule has 0 radical (unpaired) electrons. The third kappa shape index (κ3) is 2.28. The molecule has 0 heterocycles. The summed E-state index contributed by atoms with van der Waals surface area (Å²) in [6.45, 7) is 0. The second-order valence-corrected chi connectivity index (χ2v) is 2.36. The minimum Gasteiger partial charge on any atom is -0.175 e. The molecule has 0 saturated heterocycles. The first-order chi connectivity index (χ1) is 4.93. The van der Waals surface area contributed by atoms with Crippen molar-refractivity contribution in [3.8, 4) is 0 Å². The minimum absolute atomic E-state index is 0.800. The molecule has 52 valence electrons. The number of thiol groups is 1. The molecule has 1 aromatic rings. The van der Waals surface area contributed by atoms with Crippen LogP contribution in [0.3, 0.4) is 0 Å². The molecule has 0 aliphatic heterocycles. The van der Waals surface area contributed by atoms with Crippen molar-refractivity contribution in [2.75, 3.05) is 5.75 Å². The van der Waals surface area contributed by atoms with Gasteiger partial charge >= 0.3 is 0 Å². The molecule has 0 aromatic heterocycles. The Morgan fingerprint density at radius 3 is 2.50 bits per heavy atom. The minimum atomic E-state index is 0.800. The molecule has 0 aliphatic carbocycles. The summed E-state index contributed by atoms with van der Waals surface area (Å²) >= 11 is 4.06. The van der Waals surface area contributed by atoms with Crippen LogP contribution in [0, 0.1) is 0 Å². The van der Waals surface area contributed by atoms with Gasteiger partial charge in [0.05, 0.1) is 0 Å². The van der Waals surface area contributed by atoms with Gasteiger partial charge in [-0.1, -0.05) is 42.5 Å². The van der Waals surface area contributed by atoms with Crippen LogP contribution >= 0.6 is 12.6 Å². The zero-order valence-electron chi connectivity index (χ0n) is 5.70. The van der Waals surface area contributed by atoms with Crippen molar-refractivity contribution in [3.05, 3.63) is 42.0 Å². The van der Waals surface area contributed by atoms with Crippen molar-refractivity contribution in [2.24, 2.45) is 0 Å². The lowest BCUT2D eigenvalue weighted by Crippen LogP contribution is -1.68. The summed E-state index contributed by atoms with van der Waals surface area (Å²) < 4.78 is 0. The molecule has 0 aliphatic rings. The normalized spacial score (nSPS) is 10.5. The Kier molecular flexibility index (Phi) is 3.10. The summed E-state index contributed by atoms with van der Waals surface area (Å²) in [6, 6.07) is 10.2. The first-order valence-corrected chi connectivity index (χ1v) is 3.89. The third-order valence-electron chi connectivity index (χ3n) is 1.22. The van der Waals surface area contributed by atoms with Gasteiger partial charge in [0.25, 0.3) is 0 Å². The van der Waals surface area contributed by atoms with E-state index in [4.69, 9.17) is 0 Å². The summed E-state index contributed by atoms with van der Waals surface area (Å²) in [7, 11) is 0. The highest BCUT2D eigenvalue weighted by molar-refractivity contribution is 7.80. The van der Waals surface area contributed by atoms with Gasteiger partial charge in [-0.2, -0.15) is 12.6 Å². The average molecular weight is 150 g/mol. The Balaban J connectivity index is 2.67. The predicted octanol–water partition coefficient (Wildman–Crippen LogP) is 2.63. The summed E-state index contributed by atoms with van der Waals surface area (Å²) in [5.41, 5.74) is 1.23. The monoisotopic (exact) mass is 150 g/mol. The number of hydrogen-bond acceptors (Lipinski definition) is 1. The molecule has 0 bridgehead atoms. The highest BCUT2D eigenvalue weighted by atomic mass is 32.1. The summed E-state index contributed by atoms with van der Waals surface area (Å²) in [4.78, 5) is 0. The van der Waals surface area contributed by atoms with Gasteiger partial charge in [0.2, 0.25) is 0 Å². The molecule has 0 amide bonds. The highest BCUT2D eigenvalue weighted by Crippen LogP contribution is 2.00. The Hall–Kier alpha value is -0.690. The molecule has 0 saturated carbocycles. The van der Waals surface area contributed by atoms with Gasteiger partial charge in [0.15, 0.2) is 0 Å². The first-order valence-electron chi connectivity index (χ1n) is 3.26. The van der Waals surface area contributed by atoms with Crippen LogP contribution in [0.4, 0.5) is 0 Å². The van der Waals surface area contributed by atoms with E-state index in [-0.39, 0.29) is 0 Å². The van der Waals surface area contributed by atoms with Crippen molar-refractivity contribution in [1.82, 2.24) is 0 Å². The van der Waals surface area contributed by atoms with E-state index in [1.54, 1.807) is 0 Å². The molecule has 0 spiro atoms. The SMILES string of the molecule is SC/C=C/c1ccccc1. The second kappa shape index (κ2) is 4.18. The van der Waals surface area contributed by atoms with E-state index in [1.807, 2.05) is 24.3 Å². The van der Waals surface area contributed by atoms with Crippen LogP contribution < -0.4 is 0 Å². The Labute approximate surface area is 67.0 Å². The van der Waals surface area contributed by atoms with E-state index >= 15 is 0 Å². The van der Waals surface area contributed by atoms with Crippen molar-refractivity contribution in [1.29, 1.82) is 0 Å². The maximum atomic E-state index is 4.06. The van der Waals surface area contributed by atoms with Gasteiger partial charge in [-0.3, -0.25) is 0 Å². The molecule has 0 fully saturated rings. The second-order valence-electron chi connectivity index (χ2n) is 2.00. The first kappa shape index (κ1) is 7.42. The lowest BCUT2D eigenvalue weighted by Gasteiger charge is -1.88. The van der Waals surface area contributed by atoms with E-state index in [0.717, 1.165) is 5.75 Å².